The summed E-state index contributed by atoms with van der Waals surface area (Å²) in [6, 6.07) is 7.72. The molecule has 1 fully saturated rings. The van der Waals surface area contributed by atoms with Gasteiger partial charge in [-0.2, -0.15) is 0 Å². The Kier molecular flexibility index (Phi) is 3.43. The van der Waals surface area contributed by atoms with Crippen LogP contribution in [0.3, 0.4) is 0 Å². The molecule has 0 bridgehead atoms. The number of aromatic nitrogens is 1. The summed E-state index contributed by atoms with van der Waals surface area (Å²) in [6.07, 6.45) is 0.682. The normalized spacial score (nSPS) is 21.8. The van der Waals surface area contributed by atoms with Crippen molar-refractivity contribution < 1.29 is 12.8 Å². The summed E-state index contributed by atoms with van der Waals surface area (Å²) in [4.78, 5) is 2.45. The maximum atomic E-state index is 11.6. The Hall–Kier alpha value is -1.18. The van der Waals surface area contributed by atoms with E-state index in [1.54, 1.807) is 0 Å². The molecule has 0 amide bonds. The minimum absolute atomic E-state index is 0.0514. The molecule has 0 spiro atoms. The Balaban J connectivity index is 1.86. The molecule has 3 rings (SSSR count). The van der Waals surface area contributed by atoms with Gasteiger partial charge in [0.1, 0.15) is 0 Å². The summed E-state index contributed by atoms with van der Waals surface area (Å²) in [7, 11) is -0.947. The lowest BCUT2D eigenvalue weighted by molar-refractivity contribution is 0.207. The van der Waals surface area contributed by atoms with Gasteiger partial charge in [-0.25, -0.2) is 8.42 Å². The first-order valence-electron chi connectivity index (χ1n) is 6.45. The average molecular weight is 312 g/mol. The molecule has 5 nitrogen and oxygen atoms in total. The van der Waals surface area contributed by atoms with Gasteiger partial charge in [-0.15, -0.1) is 0 Å². The van der Waals surface area contributed by atoms with Crippen molar-refractivity contribution in [3.05, 3.63) is 29.1 Å². The molecular weight excluding hydrogens is 296 g/mol. The molecule has 20 heavy (non-hydrogen) atoms. The fraction of sp³-hybridized carbons (Fsp3) is 0.462. The molecule has 1 aromatic carbocycles. The third-order valence-electron chi connectivity index (χ3n) is 3.77. The van der Waals surface area contributed by atoms with Gasteiger partial charge >= 0.3 is 0 Å². The van der Waals surface area contributed by atoms with E-state index < -0.39 is 9.84 Å². The van der Waals surface area contributed by atoms with Crippen molar-refractivity contribution in [3.63, 3.8) is 0 Å². The zero-order chi connectivity index (χ0) is 14.3. The van der Waals surface area contributed by atoms with Gasteiger partial charge < -0.3 is 4.42 Å². The Morgan fingerprint density at radius 3 is 2.90 bits per heavy atom. The van der Waals surface area contributed by atoms with Crippen molar-refractivity contribution in [2.45, 2.75) is 19.1 Å². The van der Waals surface area contributed by atoms with E-state index in [9.17, 15) is 8.42 Å². The molecule has 1 atom stereocenters. The number of hydrogen-bond acceptors (Lipinski definition) is 5. The molecule has 1 aromatic heterocycles. The summed E-state index contributed by atoms with van der Waals surface area (Å²) in [6.45, 7) is 0.538. The fourth-order valence-corrected chi connectivity index (χ4v) is 4.66. The molecule has 7 heteroatoms. The molecule has 0 radical (unpaired) electrons. The van der Waals surface area contributed by atoms with E-state index in [1.807, 2.05) is 40.8 Å². The number of benzene rings is 1. The number of nitrogens with zero attached hydrogens (tertiary/aromatic N) is 2. The topological polar surface area (TPSA) is 55.5 Å². The number of fused-ring (bicyclic) bond motifs is 1. The quantitative estimate of drug-likeness (QED) is 0.812. The zero-order valence-corrected chi connectivity index (χ0v) is 12.8. The van der Waals surface area contributed by atoms with Gasteiger partial charge in [0.2, 0.25) is 0 Å². The summed E-state index contributed by atoms with van der Waals surface area (Å²) >= 11 is 5.24. The average Bonchev–Trinajstić information content (AvgIpc) is 2.91. The highest BCUT2D eigenvalue weighted by atomic mass is 32.2. The zero-order valence-electron chi connectivity index (χ0n) is 11.2. The van der Waals surface area contributed by atoms with Gasteiger partial charge in [-0.05, 0) is 37.8 Å². The Morgan fingerprint density at radius 2 is 2.20 bits per heavy atom. The Labute approximate surface area is 122 Å². The van der Waals surface area contributed by atoms with Crippen LogP contribution in [-0.4, -0.2) is 42.5 Å². The molecule has 1 unspecified atom stereocenters. The van der Waals surface area contributed by atoms with Crippen molar-refractivity contribution in [2.24, 2.45) is 0 Å². The van der Waals surface area contributed by atoms with Gasteiger partial charge in [-0.1, -0.05) is 12.1 Å². The van der Waals surface area contributed by atoms with Crippen LogP contribution in [0.25, 0.3) is 11.1 Å². The van der Waals surface area contributed by atoms with E-state index in [0.29, 0.717) is 17.9 Å². The molecule has 1 saturated heterocycles. The third-order valence-corrected chi connectivity index (χ3v) is 5.82. The maximum Gasteiger partial charge on any atom is 0.270 e. The van der Waals surface area contributed by atoms with E-state index in [1.165, 1.54) is 0 Å². The van der Waals surface area contributed by atoms with Crippen LogP contribution in [0.15, 0.2) is 28.7 Å². The number of oxazole rings is 1. The van der Waals surface area contributed by atoms with E-state index in [2.05, 4.69) is 0 Å². The summed E-state index contributed by atoms with van der Waals surface area (Å²) in [5, 5.41) is 0. The van der Waals surface area contributed by atoms with Gasteiger partial charge in [0.05, 0.1) is 23.7 Å². The van der Waals surface area contributed by atoms with Crippen LogP contribution in [0.2, 0.25) is 0 Å². The van der Waals surface area contributed by atoms with E-state index in [0.717, 1.165) is 11.1 Å². The van der Waals surface area contributed by atoms with Crippen LogP contribution in [0.5, 0.6) is 0 Å². The molecule has 0 N–H and O–H groups in total. The monoisotopic (exact) mass is 312 g/mol. The first kappa shape index (κ1) is 13.8. The van der Waals surface area contributed by atoms with Gasteiger partial charge in [0.15, 0.2) is 15.4 Å². The fourth-order valence-electron chi connectivity index (χ4n) is 2.61. The minimum Gasteiger partial charge on any atom is -0.429 e. The number of rotatable bonds is 3. The predicted octanol–water partition coefficient (Wildman–Crippen LogP) is 2.04. The molecule has 1 aliphatic rings. The summed E-state index contributed by atoms with van der Waals surface area (Å²) < 4.78 is 30.5. The van der Waals surface area contributed by atoms with Crippen LogP contribution in [0, 0.1) is 4.84 Å². The van der Waals surface area contributed by atoms with Gasteiger partial charge in [0, 0.05) is 6.04 Å². The molecular formula is C13H16N2O3S2. The smallest absolute Gasteiger partial charge is 0.270 e. The predicted molar refractivity (Wildman–Crippen MR) is 79.9 cm³/mol. The molecule has 108 valence electrons. The lowest BCUT2D eigenvalue weighted by Gasteiger charge is -2.23. The highest BCUT2D eigenvalue weighted by molar-refractivity contribution is 7.91. The summed E-state index contributed by atoms with van der Waals surface area (Å²) in [5.74, 6) is 0.506. The first-order valence-corrected chi connectivity index (χ1v) is 8.68. The van der Waals surface area contributed by atoms with Crippen LogP contribution < -0.4 is 0 Å². The highest BCUT2D eigenvalue weighted by Gasteiger charge is 2.30. The molecule has 0 saturated carbocycles. The van der Waals surface area contributed by atoms with Crippen LogP contribution in [0.1, 0.15) is 6.42 Å². The van der Waals surface area contributed by atoms with Crippen LogP contribution in [0.4, 0.5) is 0 Å². The third kappa shape index (κ3) is 2.53. The van der Waals surface area contributed by atoms with Gasteiger partial charge in [-0.3, -0.25) is 9.47 Å². The highest BCUT2D eigenvalue weighted by Crippen LogP contribution is 2.21. The molecule has 0 aliphatic carbocycles. The number of sulfone groups is 1. The second kappa shape index (κ2) is 4.98. The summed E-state index contributed by atoms with van der Waals surface area (Å²) in [5.41, 5.74) is 1.69. The Morgan fingerprint density at radius 1 is 1.45 bits per heavy atom. The van der Waals surface area contributed by atoms with Gasteiger partial charge in [0.25, 0.3) is 4.84 Å². The molecule has 2 heterocycles. The lowest BCUT2D eigenvalue weighted by Crippen LogP contribution is -2.34. The van der Waals surface area contributed by atoms with Crippen LogP contribution >= 0.6 is 12.2 Å². The van der Waals surface area contributed by atoms with Crippen molar-refractivity contribution >= 4 is 33.2 Å². The largest absolute Gasteiger partial charge is 0.429 e. The van der Waals surface area contributed by atoms with Crippen LogP contribution in [-0.2, 0) is 16.5 Å². The van der Waals surface area contributed by atoms with Crippen molar-refractivity contribution in [1.82, 2.24) is 9.47 Å². The second-order valence-corrected chi connectivity index (χ2v) is 7.80. The van der Waals surface area contributed by atoms with Crippen molar-refractivity contribution in [2.75, 3.05) is 18.6 Å². The van der Waals surface area contributed by atoms with Crippen molar-refractivity contribution in [1.29, 1.82) is 0 Å². The minimum atomic E-state index is -2.87. The van der Waals surface area contributed by atoms with E-state index in [-0.39, 0.29) is 17.5 Å². The Bertz CT molecular complexity index is 791. The SMILES string of the molecule is CN(Cn1c(=S)oc2ccccc21)C1CCS(=O)(=O)C1. The van der Waals surface area contributed by atoms with E-state index in [4.69, 9.17) is 16.6 Å². The molecule has 1 aliphatic heterocycles. The lowest BCUT2D eigenvalue weighted by atomic mass is 10.2. The maximum absolute atomic E-state index is 11.6. The standard InChI is InChI=1S/C13H16N2O3S2/c1-14(10-6-7-20(16,17)8-10)9-15-11-4-2-3-5-12(11)18-13(15)19/h2-5,10H,6-9H2,1H3. The van der Waals surface area contributed by atoms with Crippen molar-refractivity contribution in [3.8, 4) is 0 Å². The van der Waals surface area contributed by atoms with E-state index >= 15 is 0 Å². The second-order valence-electron chi connectivity index (χ2n) is 5.22. The number of hydrogen-bond donors (Lipinski definition) is 0. The first-order chi connectivity index (χ1) is 9.46. The molecule has 2 aromatic rings. The number of para-hydroxylation sites is 2.